The van der Waals surface area contributed by atoms with Gasteiger partial charge in [-0.2, -0.15) is 0 Å². The molecule has 23 heavy (non-hydrogen) atoms. The fourth-order valence-corrected chi connectivity index (χ4v) is 2.98. The summed E-state index contributed by atoms with van der Waals surface area (Å²) in [5, 5.41) is 2.39. The second-order valence-electron chi connectivity index (χ2n) is 5.18. The molecule has 0 aliphatic heterocycles. The molecule has 110 valence electrons. The van der Waals surface area contributed by atoms with Crippen LogP contribution in [-0.2, 0) is 0 Å². The summed E-state index contributed by atoms with van der Waals surface area (Å²) in [6.45, 7) is 0. The minimum absolute atomic E-state index is 0.694. The summed E-state index contributed by atoms with van der Waals surface area (Å²) in [5.74, 6) is 1.40. The zero-order valence-electron chi connectivity index (χ0n) is 12.1. The maximum absolute atomic E-state index is 4.65. The first-order valence-corrected chi connectivity index (χ1v) is 8.34. The molecular formula is C19H12IN3. The highest BCUT2D eigenvalue weighted by molar-refractivity contribution is 14.1. The summed E-state index contributed by atoms with van der Waals surface area (Å²) in [5.41, 5.74) is 2.00. The Morgan fingerprint density at radius 2 is 1.22 bits per heavy atom. The van der Waals surface area contributed by atoms with Gasteiger partial charge in [0, 0.05) is 33.7 Å². The number of benzene rings is 3. The van der Waals surface area contributed by atoms with Gasteiger partial charge in [0.25, 0.3) is 0 Å². The van der Waals surface area contributed by atoms with Crippen LogP contribution in [0.4, 0.5) is 0 Å². The third-order valence-electron chi connectivity index (χ3n) is 3.65. The van der Waals surface area contributed by atoms with Crippen molar-refractivity contribution in [3.63, 3.8) is 0 Å². The Hall–Kier alpha value is -2.34. The van der Waals surface area contributed by atoms with E-state index >= 15 is 0 Å². The lowest BCUT2D eigenvalue weighted by molar-refractivity contribution is 1.02. The molecule has 0 unspecified atom stereocenters. The topological polar surface area (TPSA) is 38.7 Å². The van der Waals surface area contributed by atoms with Crippen molar-refractivity contribution in [2.75, 3.05) is 0 Å². The third kappa shape index (κ3) is 2.94. The molecule has 0 N–H and O–H groups in total. The van der Waals surface area contributed by atoms with Crippen LogP contribution in [0.5, 0.6) is 0 Å². The number of nitrogens with zero attached hydrogens (tertiary/aromatic N) is 3. The Morgan fingerprint density at radius 1 is 0.565 bits per heavy atom. The second kappa shape index (κ2) is 6.04. The summed E-state index contributed by atoms with van der Waals surface area (Å²) in [7, 11) is 0. The molecule has 4 aromatic rings. The van der Waals surface area contributed by atoms with Gasteiger partial charge in [0.2, 0.25) is 0 Å². The molecule has 0 spiro atoms. The van der Waals surface area contributed by atoms with Crippen LogP contribution in [0, 0.1) is 3.83 Å². The average molecular weight is 409 g/mol. The van der Waals surface area contributed by atoms with E-state index in [4.69, 9.17) is 0 Å². The molecule has 0 saturated heterocycles. The molecule has 0 atom stereocenters. The Bertz CT molecular complexity index is 984. The SMILES string of the molecule is Ic1nc(-c2ccccc2)nc(-c2ccc3ccccc3c2)n1. The standard InChI is InChI=1S/C19H12IN3/c20-19-22-17(14-7-2-1-3-8-14)21-18(23-19)16-11-10-13-6-4-5-9-15(13)12-16/h1-12H. The number of rotatable bonds is 2. The van der Waals surface area contributed by atoms with Gasteiger partial charge < -0.3 is 0 Å². The summed E-state index contributed by atoms with van der Waals surface area (Å²) in [6.07, 6.45) is 0. The van der Waals surface area contributed by atoms with Crippen LogP contribution in [0.25, 0.3) is 33.5 Å². The van der Waals surface area contributed by atoms with E-state index in [0.717, 1.165) is 11.1 Å². The monoisotopic (exact) mass is 409 g/mol. The van der Waals surface area contributed by atoms with Crippen LogP contribution >= 0.6 is 22.6 Å². The summed E-state index contributed by atoms with van der Waals surface area (Å²) in [4.78, 5) is 13.6. The molecule has 3 aromatic carbocycles. The zero-order chi connectivity index (χ0) is 15.6. The van der Waals surface area contributed by atoms with Crippen molar-refractivity contribution in [3.8, 4) is 22.8 Å². The van der Waals surface area contributed by atoms with E-state index in [0.29, 0.717) is 15.5 Å². The minimum atomic E-state index is 0.694. The van der Waals surface area contributed by atoms with Crippen LogP contribution in [0.2, 0.25) is 0 Å². The van der Waals surface area contributed by atoms with Gasteiger partial charge in [-0.25, -0.2) is 15.0 Å². The lowest BCUT2D eigenvalue weighted by Crippen LogP contribution is -1.99. The number of aromatic nitrogens is 3. The van der Waals surface area contributed by atoms with Gasteiger partial charge >= 0.3 is 0 Å². The van der Waals surface area contributed by atoms with Gasteiger partial charge in [0.05, 0.1) is 0 Å². The summed E-state index contributed by atoms with van der Waals surface area (Å²) < 4.78 is 0.694. The van der Waals surface area contributed by atoms with Gasteiger partial charge in [-0.3, -0.25) is 0 Å². The Balaban J connectivity index is 1.86. The normalized spacial score (nSPS) is 10.8. The van der Waals surface area contributed by atoms with Crippen LogP contribution in [0.15, 0.2) is 72.8 Å². The van der Waals surface area contributed by atoms with Crippen molar-refractivity contribution in [2.24, 2.45) is 0 Å². The van der Waals surface area contributed by atoms with E-state index in [2.05, 4.69) is 67.9 Å². The Kier molecular flexibility index (Phi) is 3.75. The largest absolute Gasteiger partial charge is 0.208 e. The van der Waals surface area contributed by atoms with Crippen molar-refractivity contribution in [1.82, 2.24) is 15.0 Å². The molecule has 1 aromatic heterocycles. The summed E-state index contributed by atoms with van der Waals surface area (Å²) >= 11 is 2.14. The van der Waals surface area contributed by atoms with E-state index in [1.54, 1.807) is 0 Å². The van der Waals surface area contributed by atoms with Crippen LogP contribution in [0.1, 0.15) is 0 Å². The van der Waals surface area contributed by atoms with Crippen molar-refractivity contribution in [1.29, 1.82) is 0 Å². The average Bonchev–Trinajstić information content (AvgIpc) is 2.61. The molecule has 0 aliphatic rings. The van der Waals surface area contributed by atoms with Gasteiger partial charge in [-0.1, -0.05) is 66.7 Å². The lowest BCUT2D eigenvalue weighted by Gasteiger charge is -2.06. The molecule has 0 saturated carbocycles. The maximum Gasteiger partial charge on any atom is 0.194 e. The van der Waals surface area contributed by atoms with Crippen molar-refractivity contribution in [2.45, 2.75) is 0 Å². The highest BCUT2D eigenvalue weighted by atomic mass is 127. The smallest absolute Gasteiger partial charge is 0.194 e. The van der Waals surface area contributed by atoms with Gasteiger partial charge in [0.1, 0.15) is 0 Å². The Labute approximate surface area is 147 Å². The quantitative estimate of drug-likeness (QED) is 0.439. The lowest BCUT2D eigenvalue weighted by atomic mass is 10.1. The molecule has 0 fully saturated rings. The molecule has 4 rings (SSSR count). The molecule has 1 heterocycles. The molecule has 0 amide bonds. The first-order chi connectivity index (χ1) is 11.3. The summed E-state index contributed by atoms with van der Waals surface area (Å²) in [6, 6.07) is 24.5. The highest BCUT2D eigenvalue weighted by Gasteiger charge is 2.09. The van der Waals surface area contributed by atoms with Crippen molar-refractivity contribution in [3.05, 3.63) is 76.6 Å². The second-order valence-corrected chi connectivity index (χ2v) is 6.14. The molecule has 0 radical (unpaired) electrons. The van der Waals surface area contributed by atoms with Crippen molar-refractivity contribution < 1.29 is 0 Å². The van der Waals surface area contributed by atoms with Gasteiger partial charge in [-0.05, 0) is 16.8 Å². The third-order valence-corrected chi connectivity index (χ3v) is 4.13. The maximum atomic E-state index is 4.65. The van der Waals surface area contributed by atoms with E-state index in [-0.39, 0.29) is 0 Å². The first-order valence-electron chi connectivity index (χ1n) is 7.26. The number of fused-ring (bicyclic) bond motifs is 1. The van der Waals surface area contributed by atoms with E-state index in [9.17, 15) is 0 Å². The van der Waals surface area contributed by atoms with E-state index in [1.165, 1.54) is 10.8 Å². The molecular weight excluding hydrogens is 397 g/mol. The molecule has 0 aliphatic carbocycles. The van der Waals surface area contributed by atoms with Gasteiger partial charge in [-0.15, -0.1) is 0 Å². The van der Waals surface area contributed by atoms with Crippen LogP contribution in [0.3, 0.4) is 0 Å². The zero-order valence-corrected chi connectivity index (χ0v) is 14.3. The van der Waals surface area contributed by atoms with Crippen molar-refractivity contribution >= 4 is 33.4 Å². The van der Waals surface area contributed by atoms with Gasteiger partial charge in [0.15, 0.2) is 15.5 Å². The number of halogens is 1. The number of hydrogen-bond acceptors (Lipinski definition) is 3. The van der Waals surface area contributed by atoms with Crippen LogP contribution < -0.4 is 0 Å². The molecule has 3 nitrogen and oxygen atoms in total. The first kappa shape index (κ1) is 14.3. The highest BCUT2D eigenvalue weighted by Crippen LogP contribution is 2.24. The fraction of sp³-hybridized carbons (Fsp3) is 0. The number of hydrogen-bond donors (Lipinski definition) is 0. The predicted octanol–water partition coefficient (Wildman–Crippen LogP) is 4.96. The molecule has 0 bridgehead atoms. The molecule has 4 heteroatoms. The minimum Gasteiger partial charge on any atom is -0.208 e. The van der Waals surface area contributed by atoms with Crippen LogP contribution in [-0.4, -0.2) is 15.0 Å². The predicted molar refractivity (Wildman–Crippen MR) is 101 cm³/mol. The van der Waals surface area contributed by atoms with E-state index in [1.807, 2.05) is 42.5 Å². The van der Waals surface area contributed by atoms with E-state index < -0.39 is 0 Å². The Morgan fingerprint density at radius 3 is 2.00 bits per heavy atom. The fourth-order valence-electron chi connectivity index (χ4n) is 2.52.